The Balaban J connectivity index is 2.31. The Morgan fingerprint density at radius 3 is 2.50 bits per heavy atom. The van der Waals surface area contributed by atoms with Gasteiger partial charge in [0.05, 0.1) is 11.9 Å². The molecule has 1 aromatic carbocycles. The number of hydrogen-bond donors (Lipinski definition) is 3. The van der Waals surface area contributed by atoms with Gasteiger partial charge in [-0.1, -0.05) is 6.07 Å². The molecule has 0 aliphatic carbocycles. The number of phenols is 2. The van der Waals surface area contributed by atoms with E-state index in [4.69, 9.17) is 0 Å². The molecule has 1 heterocycles. The topological polar surface area (TPSA) is 82.5 Å². The molecule has 5 heteroatoms. The van der Waals surface area contributed by atoms with Crippen molar-refractivity contribution >= 4 is 11.6 Å². The van der Waals surface area contributed by atoms with Crippen molar-refractivity contribution in [1.82, 2.24) is 4.98 Å². The number of rotatable bonds is 2. The van der Waals surface area contributed by atoms with Gasteiger partial charge in [0.1, 0.15) is 17.1 Å². The minimum absolute atomic E-state index is 0.152. The number of aromatic hydroxyl groups is 2. The third-order valence-electron chi connectivity index (χ3n) is 2.53. The lowest BCUT2D eigenvalue weighted by atomic mass is 10.1. The van der Waals surface area contributed by atoms with Crippen LogP contribution in [0.3, 0.4) is 0 Å². The van der Waals surface area contributed by atoms with E-state index in [-0.39, 0.29) is 17.1 Å². The maximum atomic E-state index is 11.9. The van der Waals surface area contributed by atoms with E-state index in [1.165, 1.54) is 24.4 Å². The van der Waals surface area contributed by atoms with Gasteiger partial charge in [0.15, 0.2) is 0 Å². The first-order valence-electron chi connectivity index (χ1n) is 5.32. The Morgan fingerprint density at radius 1 is 1.22 bits per heavy atom. The highest BCUT2D eigenvalue weighted by Crippen LogP contribution is 2.27. The number of aryl methyl sites for hydroxylation is 1. The normalized spacial score (nSPS) is 10.1. The van der Waals surface area contributed by atoms with Crippen LogP contribution in [0.5, 0.6) is 11.5 Å². The number of carbonyl (C=O) groups is 1. The molecule has 0 aliphatic heterocycles. The number of anilines is 1. The summed E-state index contributed by atoms with van der Waals surface area (Å²) in [5, 5.41) is 21.7. The van der Waals surface area contributed by atoms with Crippen LogP contribution in [-0.2, 0) is 0 Å². The van der Waals surface area contributed by atoms with Crippen LogP contribution in [0.15, 0.2) is 36.7 Å². The highest BCUT2D eigenvalue weighted by atomic mass is 16.3. The van der Waals surface area contributed by atoms with Gasteiger partial charge in [-0.05, 0) is 30.7 Å². The lowest BCUT2D eigenvalue weighted by Gasteiger charge is -2.09. The number of pyridine rings is 1. The van der Waals surface area contributed by atoms with Crippen LogP contribution in [0.25, 0.3) is 0 Å². The van der Waals surface area contributed by atoms with Gasteiger partial charge >= 0.3 is 0 Å². The number of aromatic nitrogens is 1. The zero-order valence-electron chi connectivity index (χ0n) is 9.71. The lowest BCUT2D eigenvalue weighted by Crippen LogP contribution is -2.13. The molecule has 2 aromatic rings. The Hall–Kier alpha value is -2.56. The Kier molecular flexibility index (Phi) is 3.14. The third-order valence-corrected chi connectivity index (χ3v) is 2.53. The van der Waals surface area contributed by atoms with E-state index in [1.807, 2.05) is 6.92 Å². The summed E-state index contributed by atoms with van der Waals surface area (Å²) in [5.41, 5.74) is 1.22. The number of amides is 1. The van der Waals surface area contributed by atoms with Gasteiger partial charge in [0.2, 0.25) is 0 Å². The fourth-order valence-corrected chi connectivity index (χ4v) is 1.54. The maximum absolute atomic E-state index is 11.9. The van der Waals surface area contributed by atoms with Crippen molar-refractivity contribution in [2.45, 2.75) is 6.92 Å². The molecule has 3 N–H and O–H groups in total. The first kappa shape index (κ1) is 11.9. The molecule has 0 saturated heterocycles. The smallest absolute Gasteiger partial charge is 0.263 e. The van der Waals surface area contributed by atoms with Gasteiger partial charge in [-0.25, -0.2) is 0 Å². The van der Waals surface area contributed by atoms with E-state index in [0.29, 0.717) is 5.69 Å². The molecule has 0 atom stereocenters. The summed E-state index contributed by atoms with van der Waals surface area (Å²) in [5.74, 6) is -1.12. The van der Waals surface area contributed by atoms with Gasteiger partial charge in [0, 0.05) is 6.20 Å². The predicted molar refractivity (Wildman–Crippen MR) is 66.7 cm³/mol. The molecular weight excluding hydrogens is 232 g/mol. The molecule has 2 rings (SSSR count). The van der Waals surface area contributed by atoms with Crippen LogP contribution >= 0.6 is 0 Å². The molecule has 0 aliphatic rings. The van der Waals surface area contributed by atoms with Crippen LogP contribution < -0.4 is 5.32 Å². The predicted octanol–water partition coefficient (Wildman–Crippen LogP) is 2.05. The summed E-state index contributed by atoms with van der Waals surface area (Å²) in [6.45, 7) is 1.82. The Labute approximate surface area is 104 Å². The SMILES string of the molecule is Cc1ccncc1NC(=O)c1c(O)cccc1O. The molecule has 1 amide bonds. The summed E-state index contributed by atoms with van der Waals surface area (Å²) >= 11 is 0. The van der Waals surface area contributed by atoms with Crippen molar-refractivity contribution in [3.05, 3.63) is 47.8 Å². The first-order chi connectivity index (χ1) is 8.59. The van der Waals surface area contributed by atoms with Crippen molar-refractivity contribution in [3.63, 3.8) is 0 Å². The number of nitrogens with one attached hydrogen (secondary N) is 1. The number of carbonyl (C=O) groups excluding carboxylic acids is 1. The van der Waals surface area contributed by atoms with Crippen LogP contribution in [0.1, 0.15) is 15.9 Å². The summed E-state index contributed by atoms with van der Waals surface area (Å²) in [6.07, 6.45) is 3.12. The summed E-state index contributed by atoms with van der Waals surface area (Å²) in [4.78, 5) is 15.8. The van der Waals surface area contributed by atoms with Crippen molar-refractivity contribution in [3.8, 4) is 11.5 Å². The molecule has 0 unspecified atom stereocenters. The van der Waals surface area contributed by atoms with Crippen molar-refractivity contribution in [2.24, 2.45) is 0 Å². The number of phenolic OH excluding ortho intramolecular Hbond substituents is 2. The maximum Gasteiger partial charge on any atom is 0.263 e. The van der Waals surface area contributed by atoms with Crippen molar-refractivity contribution < 1.29 is 15.0 Å². The third kappa shape index (κ3) is 2.24. The van der Waals surface area contributed by atoms with E-state index in [0.717, 1.165) is 5.56 Å². The Bertz CT molecular complexity index is 576. The summed E-state index contributed by atoms with van der Waals surface area (Å²) in [6, 6.07) is 5.88. The van der Waals surface area contributed by atoms with Gasteiger partial charge in [-0.2, -0.15) is 0 Å². The van der Waals surface area contributed by atoms with E-state index < -0.39 is 5.91 Å². The highest BCUT2D eigenvalue weighted by molar-refractivity contribution is 6.08. The van der Waals surface area contributed by atoms with Crippen LogP contribution in [-0.4, -0.2) is 21.1 Å². The zero-order valence-corrected chi connectivity index (χ0v) is 9.71. The molecule has 1 aromatic heterocycles. The van der Waals surface area contributed by atoms with Crippen LogP contribution in [0.4, 0.5) is 5.69 Å². The van der Waals surface area contributed by atoms with Crippen LogP contribution in [0.2, 0.25) is 0 Å². The molecule has 0 bridgehead atoms. The van der Waals surface area contributed by atoms with Gasteiger partial charge in [-0.15, -0.1) is 0 Å². The molecule has 92 valence electrons. The molecule has 0 spiro atoms. The first-order valence-corrected chi connectivity index (χ1v) is 5.32. The fraction of sp³-hybridized carbons (Fsp3) is 0.0769. The number of nitrogens with zero attached hydrogens (tertiary/aromatic N) is 1. The summed E-state index contributed by atoms with van der Waals surface area (Å²) < 4.78 is 0. The molecular formula is C13H12N2O3. The quantitative estimate of drug-likeness (QED) is 0.755. The van der Waals surface area contributed by atoms with E-state index in [2.05, 4.69) is 10.3 Å². The molecule has 5 nitrogen and oxygen atoms in total. The van der Waals surface area contributed by atoms with E-state index in [9.17, 15) is 15.0 Å². The second-order valence-corrected chi connectivity index (χ2v) is 3.82. The number of hydrogen-bond acceptors (Lipinski definition) is 4. The van der Waals surface area contributed by atoms with E-state index in [1.54, 1.807) is 12.3 Å². The molecule has 0 radical (unpaired) electrons. The molecule has 0 saturated carbocycles. The monoisotopic (exact) mass is 244 g/mol. The van der Waals surface area contributed by atoms with Gasteiger partial charge < -0.3 is 15.5 Å². The zero-order chi connectivity index (χ0) is 13.1. The standard InChI is InChI=1S/C13H12N2O3/c1-8-5-6-14-7-9(8)15-13(18)12-10(16)3-2-4-11(12)17/h2-7,16-17H,1H3,(H,15,18). The largest absolute Gasteiger partial charge is 0.507 e. The molecule has 18 heavy (non-hydrogen) atoms. The van der Waals surface area contributed by atoms with Crippen LogP contribution in [0, 0.1) is 6.92 Å². The average Bonchev–Trinajstić information content (AvgIpc) is 2.32. The van der Waals surface area contributed by atoms with E-state index >= 15 is 0 Å². The lowest BCUT2D eigenvalue weighted by molar-refractivity contribution is 0.102. The number of benzene rings is 1. The Morgan fingerprint density at radius 2 is 1.89 bits per heavy atom. The molecule has 0 fully saturated rings. The van der Waals surface area contributed by atoms with Gasteiger partial charge in [-0.3, -0.25) is 9.78 Å². The average molecular weight is 244 g/mol. The second-order valence-electron chi connectivity index (χ2n) is 3.82. The highest BCUT2D eigenvalue weighted by Gasteiger charge is 2.16. The minimum Gasteiger partial charge on any atom is -0.507 e. The second kappa shape index (κ2) is 4.75. The van der Waals surface area contributed by atoms with Crippen molar-refractivity contribution in [2.75, 3.05) is 5.32 Å². The van der Waals surface area contributed by atoms with Gasteiger partial charge in [0.25, 0.3) is 5.91 Å². The van der Waals surface area contributed by atoms with Crippen molar-refractivity contribution in [1.29, 1.82) is 0 Å². The minimum atomic E-state index is -0.582. The fourth-order valence-electron chi connectivity index (χ4n) is 1.54. The summed E-state index contributed by atoms with van der Waals surface area (Å²) in [7, 11) is 0.